The number of anilines is 2. The first-order valence-electron chi connectivity index (χ1n) is 29.4. The van der Waals surface area contributed by atoms with Gasteiger partial charge in [0, 0.05) is 88.0 Å². The van der Waals surface area contributed by atoms with Crippen LogP contribution < -0.4 is 10.6 Å². The molecule has 0 amide bonds. The standard InChI is InChI=1S/2C25H26FN5.7C2H2O4/c2*26-20-10-8-19(9-11-20)17-31-24-7-2-1-6-23(24)29-25(31)28-22-13-16-30(18-22)15-12-21-5-3-4-14-27-21;7*3-1(4)2(5)6/h2*1-11,14,22H,12-13,15-18H2,(H,28,29);7*(H,3,4)(H,5,6). The third-order valence-corrected chi connectivity index (χ3v) is 13.1. The monoisotopic (exact) mass is 1460 g/mol. The lowest BCUT2D eigenvalue weighted by Crippen LogP contribution is -2.29. The van der Waals surface area contributed by atoms with E-state index in [1.165, 1.54) is 24.3 Å². The maximum atomic E-state index is 13.3. The average molecular weight is 1460 g/mol. The fraction of sp³-hybridized carbons (Fsp3) is 0.219. The van der Waals surface area contributed by atoms with Crippen LogP contribution in [0.1, 0.15) is 35.4 Å². The van der Waals surface area contributed by atoms with E-state index in [1.807, 2.05) is 97.3 Å². The van der Waals surface area contributed by atoms with E-state index in [0.717, 1.165) is 121 Å². The van der Waals surface area contributed by atoms with Crippen molar-refractivity contribution in [2.24, 2.45) is 0 Å². The average Bonchev–Trinajstić information content (AvgIpc) is 1.65. The first-order chi connectivity index (χ1) is 49.0. The number of carboxylic acids is 14. The van der Waals surface area contributed by atoms with Gasteiger partial charge in [-0.15, -0.1) is 0 Å². The maximum absolute atomic E-state index is 13.3. The van der Waals surface area contributed by atoms with E-state index in [-0.39, 0.29) is 11.6 Å². The Bertz CT molecular complexity index is 3740. The number of halogens is 2. The summed E-state index contributed by atoms with van der Waals surface area (Å²) in [5.41, 5.74) is 8.49. The van der Waals surface area contributed by atoms with Crippen molar-refractivity contribution in [3.8, 4) is 0 Å². The van der Waals surface area contributed by atoms with Gasteiger partial charge >= 0.3 is 83.6 Å². The molecule has 4 aromatic carbocycles. The van der Waals surface area contributed by atoms with Crippen LogP contribution in [0.3, 0.4) is 0 Å². The molecule has 38 nitrogen and oxygen atoms in total. The summed E-state index contributed by atoms with van der Waals surface area (Å²) in [6.07, 6.45) is 7.82. The number of carbonyl (C=O) groups is 14. The number of carboxylic acid groups (broad SMARTS) is 14. The molecule has 2 aliphatic rings. The Morgan fingerprint density at radius 1 is 0.356 bits per heavy atom. The first kappa shape index (κ1) is 86.2. The van der Waals surface area contributed by atoms with Crippen molar-refractivity contribution < 1.29 is 147 Å². The number of imidazole rings is 2. The molecule has 0 bridgehead atoms. The molecule has 16 N–H and O–H groups in total. The normalized spacial score (nSPS) is 12.9. The Hall–Kier alpha value is -13.9. The zero-order valence-corrected chi connectivity index (χ0v) is 53.8. The van der Waals surface area contributed by atoms with Crippen LogP contribution in [0.2, 0.25) is 0 Å². The van der Waals surface area contributed by atoms with Crippen molar-refractivity contribution in [1.82, 2.24) is 38.9 Å². The molecule has 2 saturated heterocycles. The number of aromatic nitrogens is 6. The Morgan fingerprint density at radius 2 is 0.615 bits per heavy atom. The highest BCUT2D eigenvalue weighted by atomic mass is 19.1. The van der Waals surface area contributed by atoms with Crippen LogP contribution in [0, 0.1) is 11.6 Å². The molecule has 8 aromatic rings. The molecule has 0 aliphatic carbocycles. The second-order valence-electron chi connectivity index (χ2n) is 20.5. The molecule has 6 heterocycles. The lowest BCUT2D eigenvalue weighted by atomic mass is 10.2. The quantitative estimate of drug-likeness (QED) is 0.0696. The summed E-state index contributed by atoms with van der Waals surface area (Å²) >= 11 is 0. The number of pyridine rings is 2. The highest BCUT2D eigenvalue weighted by Gasteiger charge is 2.26. The highest BCUT2D eigenvalue weighted by Crippen LogP contribution is 2.26. The van der Waals surface area contributed by atoms with E-state index in [9.17, 15) is 8.78 Å². The topological polar surface area (TPSA) is 614 Å². The number of hydrogen-bond acceptors (Lipinski definition) is 22. The van der Waals surface area contributed by atoms with Gasteiger partial charge in [-0.05, 0) is 96.8 Å². The minimum Gasteiger partial charge on any atom is -0.473 e. The van der Waals surface area contributed by atoms with Crippen LogP contribution in [0.25, 0.3) is 22.1 Å². The van der Waals surface area contributed by atoms with E-state index >= 15 is 0 Å². The van der Waals surface area contributed by atoms with Gasteiger partial charge in [-0.1, -0.05) is 60.7 Å². The Kier molecular flexibility index (Phi) is 37.2. The summed E-state index contributed by atoms with van der Waals surface area (Å²) < 4.78 is 31.1. The summed E-state index contributed by atoms with van der Waals surface area (Å²) in [4.78, 5) is 151. The predicted molar refractivity (Wildman–Crippen MR) is 350 cm³/mol. The summed E-state index contributed by atoms with van der Waals surface area (Å²) in [5, 5.41) is 111. The van der Waals surface area contributed by atoms with Gasteiger partial charge in [0.1, 0.15) is 11.6 Å². The summed E-state index contributed by atoms with van der Waals surface area (Å²) in [5.74, 6) is -24.2. The number of aliphatic carboxylic acids is 14. The molecular formula is C64H66F2N10O28. The van der Waals surface area contributed by atoms with Gasteiger partial charge in [0.25, 0.3) is 0 Å². The number of benzene rings is 4. The molecule has 554 valence electrons. The second-order valence-corrected chi connectivity index (χ2v) is 20.5. The molecule has 0 radical (unpaired) electrons. The number of nitrogens with one attached hydrogen (secondary N) is 2. The first-order valence-corrected chi connectivity index (χ1v) is 29.4. The number of para-hydroxylation sites is 4. The van der Waals surface area contributed by atoms with Crippen LogP contribution in [-0.2, 0) is 93.1 Å². The van der Waals surface area contributed by atoms with Gasteiger partial charge in [0.15, 0.2) is 0 Å². The van der Waals surface area contributed by atoms with Crippen molar-refractivity contribution in [2.75, 3.05) is 49.9 Å². The number of fused-ring (bicyclic) bond motifs is 2. The van der Waals surface area contributed by atoms with E-state index in [2.05, 4.69) is 63.8 Å². The Labute approximate surface area is 582 Å². The van der Waals surface area contributed by atoms with Crippen molar-refractivity contribution in [1.29, 1.82) is 0 Å². The van der Waals surface area contributed by atoms with E-state index in [4.69, 9.17) is 149 Å². The van der Waals surface area contributed by atoms with Gasteiger partial charge in [-0.3, -0.25) is 9.97 Å². The van der Waals surface area contributed by atoms with Crippen LogP contribution in [0.5, 0.6) is 0 Å². The molecule has 2 unspecified atom stereocenters. The molecule has 0 spiro atoms. The zero-order chi connectivity index (χ0) is 78.2. The predicted octanol–water partition coefficient (Wildman–Crippen LogP) is 2.78. The smallest absolute Gasteiger partial charge is 0.414 e. The molecule has 2 aliphatic heterocycles. The molecule has 2 fully saturated rings. The SMILES string of the molecule is Fc1ccc(Cn2c(NC3CCN(CCc4ccccn4)C3)nc3ccccc32)cc1.Fc1ccc(Cn2c(NC3CCN(CCc4ccccn4)C3)nc3ccccc32)cc1.O=C(O)C(=O)O.O=C(O)C(=O)O.O=C(O)C(=O)O.O=C(O)C(=O)O.O=C(O)C(=O)O.O=C(O)C(=O)O.O=C(O)C(=O)O. The molecule has 10 rings (SSSR count). The zero-order valence-electron chi connectivity index (χ0n) is 53.8. The van der Waals surface area contributed by atoms with Crippen molar-refractivity contribution in [2.45, 2.75) is 50.9 Å². The van der Waals surface area contributed by atoms with E-state index in [0.29, 0.717) is 25.2 Å². The van der Waals surface area contributed by atoms with Crippen molar-refractivity contribution in [3.05, 3.63) is 180 Å². The third-order valence-electron chi connectivity index (χ3n) is 13.1. The number of nitrogens with zero attached hydrogens (tertiary/aromatic N) is 8. The second kappa shape index (κ2) is 44.9. The van der Waals surface area contributed by atoms with Gasteiger partial charge < -0.3 is 101 Å². The molecular weight excluding hydrogens is 1390 g/mol. The molecule has 0 saturated carbocycles. The lowest BCUT2D eigenvalue weighted by molar-refractivity contribution is -0.159. The fourth-order valence-electron chi connectivity index (χ4n) is 8.55. The molecule has 104 heavy (non-hydrogen) atoms. The highest BCUT2D eigenvalue weighted by molar-refractivity contribution is 6.29. The van der Waals surface area contributed by atoms with E-state index in [1.54, 1.807) is 0 Å². The maximum Gasteiger partial charge on any atom is 0.414 e. The van der Waals surface area contributed by atoms with Crippen LogP contribution in [-0.4, -0.2) is 245 Å². The van der Waals surface area contributed by atoms with E-state index < -0.39 is 83.6 Å². The fourth-order valence-corrected chi connectivity index (χ4v) is 8.55. The Balaban J connectivity index is 0.000000461. The van der Waals surface area contributed by atoms with Gasteiger partial charge in [-0.2, -0.15) is 0 Å². The van der Waals surface area contributed by atoms with Crippen LogP contribution in [0.15, 0.2) is 146 Å². The van der Waals surface area contributed by atoms with Crippen LogP contribution >= 0.6 is 0 Å². The van der Waals surface area contributed by atoms with Crippen molar-refractivity contribution in [3.63, 3.8) is 0 Å². The van der Waals surface area contributed by atoms with Gasteiger partial charge in [0.2, 0.25) is 11.9 Å². The summed E-state index contributed by atoms with van der Waals surface area (Å²) in [6, 6.07) is 42.6. The molecule has 40 heteroatoms. The van der Waals surface area contributed by atoms with Gasteiger partial charge in [0.05, 0.1) is 35.2 Å². The third kappa shape index (κ3) is 34.0. The molecule has 4 aromatic heterocycles. The minimum atomic E-state index is -1.82. The minimum absolute atomic E-state index is 0.214. The largest absolute Gasteiger partial charge is 0.473 e. The number of rotatable bonds is 14. The lowest BCUT2D eigenvalue weighted by Gasteiger charge is -2.18. The van der Waals surface area contributed by atoms with Gasteiger partial charge in [-0.25, -0.2) is 85.9 Å². The Morgan fingerprint density at radius 3 is 0.865 bits per heavy atom. The molecule has 2 atom stereocenters. The number of hydrogen-bond donors (Lipinski definition) is 16. The summed E-state index contributed by atoms with van der Waals surface area (Å²) in [7, 11) is 0. The number of likely N-dealkylation sites (tertiary alicyclic amines) is 2. The van der Waals surface area contributed by atoms with Crippen LogP contribution in [0.4, 0.5) is 20.7 Å². The van der Waals surface area contributed by atoms with Crippen molar-refractivity contribution >= 4 is 118 Å². The summed E-state index contributed by atoms with van der Waals surface area (Å²) in [6.45, 7) is 7.46.